The Labute approximate surface area is 116 Å². The molecule has 1 aromatic carbocycles. The monoisotopic (exact) mass is 272 g/mol. The van der Waals surface area contributed by atoms with Crippen LogP contribution in [0.4, 0.5) is 11.4 Å². The first-order valence-corrected chi connectivity index (χ1v) is 6.41. The van der Waals surface area contributed by atoms with Gasteiger partial charge in [-0.05, 0) is 18.6 Å². The number of unbranched alkanes of at least 4 members (excludes halogenated alkanes) is 1. The summed E-state index contributed by atoms with van der Waals surface area (Å²) in [7, 11) is 0. The molecule has 1 aliphatic heterocycles. The van der Waals surface area contributed by atoms with Crippen LogP contribution in [0.5, 0.6) is 0 Å². The summed E-state index contributed by atoms with van der Waals surface area (Å²) in [5.74, 6) is -0.800. The first-order chi connectivity index (χ1) is 9.70. The van der Waals surface area contributed by atoms with E-state index in [2.05, 4.69) is 21.2 Å². The second-order valence-electron chi connectivity index (χ2n) is 4.26. The third-order valence-corrected chi connectivity index (χ3v) is 2.65. The normalized spacial score (nSPS) is 15.7. The molecule has 0 saturated heterocycles. The number of hydrazone groups is 1. The maximum Gasteiger partial charge on any atom is 0.272 e. The fraction of sp³-hybridized carbons (Fsp3) is 0.214. The molecule has 0 spiro atoms. The third kappa shape index (κ3) is 3.44. The van der Waals surface area contributed by atoms with Gasteiger partial charge in [0.2, 0.25) is 0 Å². The number of carbonyl (C=O) groups excluding carboxylic acids is 2. The van der Waals surface area contributed by atoms with Crippen LogP contribution in [-0.4, -0.2) is 18.0 Å². The Balaban J connectivity index is 2.04. The number of nitrogens with zero attached hydrogens (tertiary/aromatic N) is 1. The van der Waals surface area contributed by atoms with E-state index in [4.69, 9.17) is 0 Å². The smallest absolute Gasteiger partial charge is 0.272 e. The molecule has 0 bridgehead atoms. The van der Waals surface area contributed by atoms with Crippen LogP contribution in [0.15, 0.2) is 41.1 Å². The van der Waals surface area contributed by atoms with Crippen LogP contribution in [0.1, 0.15) is 19.8 Å². The van der Waals surface area contributed by atoms with Gasteiger partial charge in [-0.15, -0.1) is 0 Å². The minimum atomic E-state index is -0.450. The van der Waals surface area contributed by atoms with Crippen molar-refractivity contribution in [1.82, 2.24) is 5.43 Å². The molecular formula is C14H16N4O2. The Morgan fingerprint density at radius 3 is 2.70 bits per heavy atom. The topological polar surface area (TPSA) is 82.6 Å². The van der Waals surface area contributed by atoms with Crippen molar-refractivity contribution in [2.45, 2.75) is 19.8 Å². The van der Waals surface area contributed by atoms with Crippen molar-refractivity contribution in [2.24, 2.45) is 5.10 Å². The highest BCUT2D eigenvalue weighted by molar-refractivity contribution is 6.13. The first kappa shape index (κ1) is 13.8. The number of rotatable bonds is 4. The summed E-state index contributed by atoms with van der Waals surface area (Å²) in [6, 6.07) is 7.27. The maximum atomic E-state index is 11.8. The molecule has 20 heavy (non-hydrogen) atoms. The predicted octanol–water partition coefficient (Wildman–Crippen LogP) is 1.84. The fourth-order valence-electron chi connectivity index (χ4n) is 1.66. The lowest BCUT2D eigenvalue weighted by atomic mass is 10.2. The van der Waals surface area contributed by atoms with E-state index >= 15 is 0 Å². The number of amides is 2. The number of hydrogen-bond donors (Lipinski definition) is 3. The Bertz CT molecular complexity index is 578. The molecule has 6 heteroatoms. The molecule has 1 heterocycles. The number of anilines is 2. The zero-order chi connectivity index (χ0) is 14.4. The van der Waals surface area contributed by atoms with Crippen molar-refractivity contribution in [1.29, 1.82) is 0 Å². The predicted molar refractivity (Wildman–Crippen MR) is 78.3 cm³/mol. The van der Waals surface area contributed by atoms with Crippen LogP contribution in [0, 0.1) is 0 Å². The summed E-state index contributed by atoms with van der Waals surface area (Å²) in [6.07, 6.45) is 4.57. The van der Waals surface area contributed by atoms with E-state index in [0.29, 0.717) is 5.69 Å². The van der Waals surface area contributed by atoms with Crippen molar-refractivity contribution < 1.29 is 9.59 Å². The van der Waals surface area contributed by atoms with Crippen molar-refractivity contribution in [3.63, 3.8) is 0 Å². The molecule has 3 N–H and O–H groups in total. The quantitative estimate of drug-likeness (QED) is 0.444. The zero-order valence-corrected chi connectivity index (χ0v) is 11.1. The van der Waals surface area contributed by atoms with Gasteiger partial charge in [0, 0.05) is 12.3 Å². The van der Waals surface area contributed by atoms with E-state index < -0.39 is 5.91 Å². The van der Waals surface area contributed by atoms with E-state index in [9.17, 15) is 9.59 Å². The second-order valence-corrected chi connectivity index (χ2v) is 4.26. The summed E-state index contributed by atoms with van der Waals surface area (Å²) < 4.78 is 0. The Morgan fingerprint density at radius 1 is 1.30 bits per heavy atom. The minimum absolute atomic E-state index is 0.187. The second kappa shape index (κ2) is 6.51. The molecule has 0 radical (unpaired) electrons. The molecule has 0 atom stereocenters. The molecule has 104 valence electrons. The van der Waals surface area contributed by atoms with Gasteiger partial charge < -0.3 is 10.6 Å². The lowest BCUT2D eigenvalue weighted by Crippen LogP contribution is -2.27. The average Bonchev–Trinajstić information content (AvgIpc) is 2.44. The van der Waals surface area contributed by atoms with Gasteiger partial charge in [0.05, 0.1) is 11.4 Å². The van der Waals surface area contributed by atoms with Crippen LogP contribution in [0.2, 0.25) is 0 Å². The molecule has 0 unspecified atom stereocenters. The Hall–Kier alpha value is -2.63. The molecule has 0 aromatic heterocycles. The molecule has 0 aliphatic carbocycles. The number of carbonyl (C=O) groups is 2. The Kier molecular flexibility index (Phi) is 4.49. The number of hydrogen-bond acceptors (Lipinski definition) is 4. The standard InChI is InChI=1S/C14H16N4O2/c1-2-3-8-15-18-13(19)9-12-14(20)17-11-7-5-4-6-10(11)16-12/h4-9,16H,2-3H2,1H3,(H,17,20)(H,18,19)/b12-9+,15-8+. The maximum absolute atomic E-state index is 11.8. The summed E-state index contributed by atoms with van der Waals surface area (Å²) in [4.78, 5) is 23.4. The number of benzene rings is 1. The minimum Gasteiger partial charge on any atom is -0.349 e. The van der Waals surface area contributed by atoms with E-state index in [1.165, 1.54) is 6.08 Å². The van der Waals surface area contributed by atoms with Gasteiger partial charge in [-0.3, -0.25) is 9.59 Å². The summed E-state index contributed by atoms with van der Waals surface area (Å²) >= 11 is 0. The SMILES string of the molecule is CCC/C=N/NC(=O)/C=C1/Nc2ccccc2NC1=O. The average molecular weight is 272 g/mol. The number of para-hydroxylation sites is 2. The largest absolute Gasteiger partial charge is 0.349 e. The molecular weight excluding hydrogens is 256 g/mol. The lowest BCUT2D eigenvalue weighted by Gasteiger charge is -2.20. The molecule has 1 aromatic rings. The zero-order valence-electron chi connectivity index (χ0n) is 11.1. The van der Waals surface area contributed by atoms with Crippen LogP contribution in [0.3, 0.4) is 0 Å². The molecule has 2 rings (SSSR count). The van der Waals surface area contributed by atoms with E-state index in [1.807, 2.05) is 25.1 Å². The van der Waals surface area contributed by atoms with Gasteiger partial charge in [-0.2, -0.15) is 5.10 Å². The van der Waals surface area contributed by atoms with Crippen molar-refractivity contribution in [3.8, 4) is 0 Å². The van der Waals surface area contributed by atoms with Gasteiger partial charge in [0.15, 0.2) is 0 Å². The molecule has 1 aliphatic rings. The van der Waals surface area contributed by atoms with Gasteiger partial charge >= 0.3 is 0 Å². The highest BCUT2D eigenvalue weighted by atomic mass is 16.2. The highest BCUT2D eigenvalue weighted by Gasteiger charge is 2.19. The molecule has 0 fully saturated rings. The highest BCUT2D eigenvalue weighted by Crippen LogP contribution is 2.26. The molecule has 6 nitrogen and oxygen atoms in total. The van der Waals surface area contributed by atoms with E-state index in [0.717, 1.165) is 18.5 Å². The molecule has 2 amide bonds. The van der Waals surface area contributed by atoms with Crippen LogP contribution in [-0.2, 0) is 9.59 Å². The van der Waals surface area contributed by atoms with E-state index in [1.54, 1.807) is 12.3 Å². The fourth-order valence-corrected chi connectivity index (χ4v) is 1.66. The van der Waals surface area contributed by atoms with Crippen LogP contribution in [0.25, 0.3) is 0 Å². The molecule has 0 saturated carbocycles. The van der Waals surface area contributed by atoms with Gasteiger partial charge in [-0.1, -0.05) is 25.5 Å². The van der Waals surface area contributed by atoms with Crippen molar-refractivity contribution in [2.75, 3.05) is 10.6 Å². The lowest BCUT2D eigenvalue weighted by molar-refractivity contribution is -0.117. The number of fused-ring (bicyclic) bond motifs is 1. The first-order valence-electron chi connectivity index (χ1n) is 6.41. The van der Waals surface area contributed by atoms with Gasteiger partial charge in [-0.25, -0.2) is 5.43 Å². The summed E-state index contributed by atoms with van der Waals surface area (Å²) in [6.45, 7) is 2.02. The number of nitrogens with one attached hydrogen (secondary N) is 3. The Morgan fingerprint density at radius 2 is 2.00 bits per heavy atom. The van der Waals surface area contributed by atoms with Crippen LogP contribution < -0.4 is 16.1 Å². The third-order valence-electron chi connectivity index (χ3n) is 2.65. The van der Waals surface area contributed by atoms with Gasteiger partial charge in [0.25, 0.3) is 11.8 Å². The van der Waals surface area contributed by atoms with Crippen LogP contribution >= 0.6 is 0 Å². The van der Waals surface area contributed by atoms with E-state index in [-0.39, 0.29) is 11.6 Å². The summed E-state index contributed by atoms with van der Waals surface area (Å²) in [5.41, 5.74) is 3.97. The van der Waals surface area contributed by atoms with Gasteiger partial charge in [0.1, 0.15) is 5.70 Å². The van der Waals surface area contributed by atoms with Crippen molar-refractivity contribution in [3.05, 3.63) is 36.0 Å². The van der Waals surface area contributed by atoms with Crippen molar-refractivity contribution >= 4 is 29.4 Å². The summed E-state index contributed by atoms with van der Waals surface area (Å²) in [5, 5.41) is 9.39.